The third kappa shape index (κ3) is 17.8. The number of hydrogen-bond donors (Lipinski definition) is 0. The van der Waals surface area contributed by atoms with Crippen LogP contribution in [0.3, 0.4) is 0 Å². The highest BCUT2D eigenvalue weighted by Crippen LogP contribution is 2.13. The highest BCUT2D eigenvalue weighted by atomic mass is 32.2. The van der Waals surface area contributed by atoms with E-state index in [4.69, 9.17) is 0 Å². The van der Waals surface area contributed by atoms with Crippen molar-refractivity contribution >= 4 is 17.7 Å². The predicted octanol–water partition coefficient (Wildman–Crippen LogP) is 5.98. The van der Waals surface area contributed by atoms with Crippen LogP contribution in [-0.2, 0) is 9.53 Å². The molecule has 0 saturated heterocycles. The van der Waals surface area contributed by atoms with Crippen LogP contribution >= 0.6 is 11.8 Å². The van der Waals surface area contributed by atoms with Crippen molar-refractivity contribution in [1.29, 1.82) is 0 Å². The van der Waals surface area contributed by atoms with Crippen LogP contribution in [0.15, 0.2) is 0 Å². The van der Waals surface area contributed by atoms with Crippen molar-refractivity contribution in [2.45, 2.75) is 90.4 Å². The summed E-state index contributed by atoms with van der Waals surface area (Å²) in [5, 5.41) is 0. The zero-order chi connectivity index (χ0) is 15.6. The molecule has 0 spiro atoms. The van der Waals surface area contributed by atoms with Gasteiger partial charge in [0, 0.05) is 6.42 Å². The monoisotopic (exact) mass is 316 g/mol. The molecule has 0 rings (SSSR count). The minimum Gasteiger partial charge on any atom is -0.469 e. The molecule has 0 heterocycles. The van der Waals surface area contributed by atoms with Crippen molar-refractivity contribution in [3.05, 3.63) is 0 Å². The summed E-state index contributed by atoms with van der Waals surface area (Å²) in [5.41, 5.74) is 0. The quantitative estimate of drug-likeness (QED) is 0.259. The van der Waals surface area contributed by atoms with Crippen LogP contribution in [0.4, 0.5) is 0 Å². The second kappa shape index (κ2) is 17.9. The van der Waals surface area contributed by atoms with Gasteiger partial charge in [-0.2, -0.15) is 11.8 Å². The number of hydrogen-bond acceptors (Lipinski definition) is 3. The number of ether oxygens (including phenoxy) is 1. The SMILES string of the molecule is CCCCCCCCCCCCSCCCCC(=O)OC. The first-order valence-electron chi connectivity index (χ1n) is 8.95. The van der Waals surface area contributed by atoms with Crippen molar-refractivity contribution in [3.63, 3.8) is 0 Å². The van der Waals surface area contributed by atoms with Crippen molar-refractivity contribution in [2.75, 3.05) is 18.6 Å². The van der Waals surface area contributed by atoms with Crippen molar-refractivity contribution < 1.29 is 9.53 Å². The van der Waals surface area contributed by atoms with Crippen LogP contribution in [-0.4, -0.2) is 24.6 Å². The Kier molecular flexibility index (Phi) is 17.7. The molecule has 21 heavy (non-hydrogen) atoms. The van der Waals surface area contributed by atoms with E-state index in [1.165, 1.54) is 82.8 Å². The van der Waals surface area contributed by atoms with Gasteiger partial charge in [0.05, 0.1) is 7.11 Å². The number of methoxy groups -OCH3 is 1. The second-order valence-electron chi connectivity index (χ2n) is 5.83. The molecule has 0 saturated carbocycles. The summed E-state index contributed by atoms with van der Waals surface area (Å²) in [6, 6.07) is 0. The highest BCUT2D eigenvalue weighted by Gasteiger charge is 1.99. The van der Waals surface area contributed by atoms with Crippen LogP contribution in [0.2, 0.25) is 0 Å². The fourth-order valence-corrected chi connectivity index (χ4v) is 3.39. The Morgan fingerprint density at radius 1 is 0.762 bits per heavy atom. The largest absolute Gasteiger partial charge is 0.469 e. The third-order valence-electron chi connectivity index (χ3n) is 3.79. The number of thioether (sulfide) groups is 1. The second-order valence-corrected chi connectivity index (χ2v) is 7.05. The first-order chi connectivity index (χ1) is 10.3. The molecule has 0 unspecified atom stereocenters. The Morgan fingerprint density at radius 2 is 1.24 bits per heavy atom. The van der Waals surface area contributed by atoms with E-state index < -0.39 is 0 Å². The molecule has 0 amide bonds. The molecule has 0 N–H and O–H groups in total. The average Bonchev–Trinajstić information content (AvgIpc) is 2.50. The van der Waals surface area contributed by atoms with E-state index in [2.05, 4.69) is 11.7 Å². The molecule has 0 aromatic carbocycles. The van der Waals surface area contributed by atoms with Gasteiger partial charge < -0.3 is 4.74 Å². The van der Waals surface area contributed by atoms with Gasteiger partial charge in [-0.25, -0.2) is 0 Å². The third-order valence-corrected chi connectivity index (χ3v) is 4.94. The summed E-state index contributed by atoms with van der Waals surface area (Å²) in [4.78, 5) is 10.9. The summed E-state index contributed by atoms with van der Waals surface area (Å²) >= 11 is 2.04. The van der Waals surface area contributed by atoms with E-state index in [0.717, 1.165) is 12.8 Å². The maximum absolute atomic E-state index is 10.9. The van der Waals surface area contributed by atoms with Crippen molar-refractivity contribution in [2.24, 2.45) is 0 Å². The average molecular weight is 317 g/mol. The standard InChI is InChI=1S/C18H36O2S/c1-3-4-5-6-7-8-9-10-11-13-16-21-17-14-12-15-18(19)20-2/h3-17H2,1-2H3. The van der Waals surface area contributed by atoms with Gasteiger partial charge in [-0.15, -0.1) is 0 Å². The van der Waals surface area contributed by atoms with Crippen LogP contribution in [0.25, 0.3) is 0 Å². The summed E-state index contributed by atoms with van der Waals surface area (Å²) in [6.07, 6.45) is 16.8. The van der Waals surface area contributed by atoms with Gasteiger partial charge in [-0.1, -0.05) is 64.7 Å². The van der Waals surface area contributed by atoms with E-state index in [0.29, 0.717) is 6.42 Å². The van der Waals surface area contributed by atoms with E-state index in [1.54, 1.807) is 0 Å². The smallest absolute Gasteiger partial charge is 0.305 e. The van der Waals surface area contributed by atoms with Gasteiger partial charge in [-0.05, 0) is 30.8 Å². The normalized spacial score (nSPS) is 10.8. The van der Waals surface area contributed by atoms with Crippen LogP contribution in [0.1, 0.15) is 90.4 Å². The van der Waals surface area contributed by atoms with E-state index in [9.17, 15) is 4.79 Å². The lowest BCUT2D eigenvalue weighted by molar-refractivity contribution is -0.140. The molecule has 0 radical (unpaired) electrons. The summed E-state index contributed by atoms with van der Waals surface area (Å²) in [5.74, 6) is 2.40. The van der Waals surface area contributed by atoms with Crippen molar-refractivity contribution in [1.82, 2.24) is 0 Å². The lowest BCUT2D eigenvalue weighted by Gasteiger charge is -2.03. The van der Waals surface area contributed by atoms with Gasteiger partial charge in [-0.3, -0.25) is 4.79 Å². The van der Waals surface area contributed by atoms with Crippen LogP contribution < -0.4 is 0 Å². The fourth-order valence-electron chi connectivity index (χ4n) is 2.37. The Hall–Kier alpha value is -0.180. The van der Waals surface area contributed by atoms with E-state index in [1.807, 2.05) is 11.8 Å². The Labute approximate surface area is 136 Å². The molecule has 0 aliphatic heterocycles. The molecule has 0 bridgehead atoms. The maximum Gasteiger partial charge on any atom is 0.305 e. The Balaban J connectivity index is 2.98. The number of esters is 1. The minimum atomic E-state index is -0.0744. The van der Waals surface area contributed by atoms with Gasteiger partial charge in [0.15, 0.2) is 0 Å². The van der Waals surface area contributed by atoms with Gasteiger partial charge >= 0.3 is 5.97 Å². The van der Waals surface area contributed by atoms with Gasteiger partial charge in [0.1, 0.15) is 0 Å². The minimum absolute atomic E-state index is 0.0744. The number of carbonyl (C=O) groups is 1. The molecular weight excluding hydrogens is 280 g/mol. The molecule has 0 aliphatic carbocycles. The fraction of sp³-hybridized carbons (Fsp3) is 0.944. The van der Waals surface area contributed by atoms with E-state index in [-0.39, 0.29) is 5.97 Å². The molecule has 0 aromatic rings. The van der Waals surface area contributed by atoms with Crippen LogP contribution in [0.5, 0.6) is 0 Å². The molecule has 0 aliphatic rings. The van der Waals surface area contributed by atoms with Crippen LogP contribution in [0, 0.1) is 0 Å². The lowest BCUT2D eigenvalue weighted by Crippen LogP contribution is -1.99. The first-order valence-corrected chi connectivity index (χ1v) is 10.1. The summed E-state index contributed by atoms with van der Waals surface area (Å²) < 4.78 is 4.62. The molecule has 0 fully saturated rings. The Bertz CT molecular complexity index is 219. The van der Waals surface area contributed by atoms with E-state index >= 15 is 0 Å². The predicted molar refractivity (Wildman–Crippen MR) is 95.0 cm³/mol. The number of unbranched alkanes of at least 4 members (excludes halogenated alkanes) is 10. The summed E-state index contributed by atoms with van der Waals surface area (Å²) in [6.45, 7) is 2.27. The molecular formula is C18H36O2S. The molecule has 126 valence electrons. The molecule has 0 aromatic heterocycles. The molecule has 0 atom stereocenters. The summed E-state index contributed by atoms with van der Waals surface area (Å²) in [7, 11) is 1.46. The zero-order valence-corrected chi connectivity index (χ0v) is 15.1. The van der Waals surface area contributed by atoms with Crippen molar-refractivity contribution in [3.8, 4) is 0 Å². The lowest BCUT2D eigenvalue weighted by atomic mass is 10.1. The number of rotatable bonds is 16. The molecule has 2 nitrogen and oxygen atoms in total. The van der Waals surface area contributed by atoms with Gasteiger partial charge in [0.25, 0.3) is 0 Å². The Morgan fingerprint density at radius 3 is 1.76 bits per heavy atom. The highest BCUT2D eigenvalue weighted by molar-refractivity contribution is 7.99. The van der Waals surface area contributed by atoms with Gasteiger partial charge in [0.2, 0.25) is 0 Å². The maximum atomic E-state index is 10.9. The topological polar surface area (TPSA) is 26.3 Å². The number of carbonyl (C=O) groups excluding carboxylic acids is 1. The first kappa shape index (κ1) is 20.8. The molecule has 3 heteroatoms. The zero-order valence-electron chi connectivity index (χ0n) is 14.3.